The molecule has 3 aromatic rings. The number of rotatable bonds is 3. The van der Waals surface area contributed by atoms with E-state index in [1.54, 1.807) is 22.8 Å². The summed E-state index contributed by atoms with van der Waals surface area (Å²) in [6.07, 6.45) is 4.88. The lowest BCUT2D eigenvalue weighted by molar-refractivity contribution is 0.0597. The molecule has 0 saturated heterocycles. The van der Waals surface area contributed by atoms with Gasteiger partial charge in [-0.3, -0.25) is 14.2 Å². The first-order chi connectivity index (χ1) is 15.0. The molecule has 0 unspecified atom stereocenters. The van der Waals surface area contributed by atoms with E-state index in [4.69, 9.17) is 0 Å². The van der Waals surface area contributed by atoms with Gasteiger partial charge in [-0.15, -0.1) is 0 Å². The number of esters is 1. The second-order valence-corrected chi connectivity index (χ2v) is 7.53. The number of aromatic nitrogens is 2. The third-order valence-electron chi connectivity index (χ3n) is 5.52. The van der Waals surface area contributed by atoms with E-state index < -0.39 is 11.9 Å². The number of phenols is 1. The first kappa shape index (κ1) is 20.6. The van der Waals surface area contributed by atoms with Gasteiger partial charge in [0, 0.05) is 18.5 Å². The average molecular weight is 421 g/mol. The molecule has 2 heterocycles. The second-order valence-electron chi connectivity index (χ2n) is 7.53. The molecule has 0 bridgehead atoms. The van der Waals surface area contributed by atoms with Crippen LogP contribution in [0.15, 0.2) is 41.2 Å². The van der Waals surface area contributed by atoms with Gasteiger partial charge in [-0.1, -0.05) is 18.9 Å². The maximum atomic E-state index is 12.9. The molecule has 1 aliphatic rings. The van der Waals surface area contributed by atoms with Gasteiger partial charge in [0.15, 0.2) is 5.75 Å². The van der Waals surface area contributed by atoms with Crippen molar-refractivity contribution in [3.05, 3.63) is 63.7 Å². The van der Waals surface area contributed by atoms with Crippen LogP contribution < -0.4 is 10.9 Å². The van der Waals surface area contributed by atoms with Crippen LogP contribution in [0.25, 0.3) is 10.9 Å². The fourth-order valence-electron chi connectivity index (χ4n) is 3.85. The molecule has 0 radical (unpaired) electrons. The molecule has 0 fully saturated rings. The summed E-state index contributed by atoms with van der Waals surface area (Å²) in [5.74, 6) is -0.826. The quantitative estimate of drug-likeness (QED) is 0.496. The second kappa shape index (κ2) is 8.59. The summed E-state index contributed by atoms with van der Waals surface area (Å²) >= 11 is 0. The van der Waals surface area contributed by atoms with E-state index in [2.05, 4.69) is 15.0 Å². The summed E-state index contributed by atoms with van der Waals surface area (Å²) in [4.78, 5) is 42.1. The zero-order chi connectivity index (χ0) is 22.0. The summed E-state index contributed by atoms with van der Waals surface area (Å²) in [6, 6.07) is 9.15. The number of nitrogens with one attached hydrogen (secondary N) is 1. The van der Waals surface area contributed by atoms with Gasteiger partial charge >= 0.3 is 5.97 Å². The molecule has 1 amide bonds. The largest absolute Gasteiger partial charge is 0.505 e. The highest BCUT2D eigenvalue weighted by atomic mass is 16.5. The molecule has 1 aliphatic heterocycles. The summed E-state index contributed by atoms with van der Waals surface area (Å²) in [6.45, 7) is 0.662. The SMILES string of the molecule is COC(=O)c1cccc(NC(=O)c2ccc3c(=O)n4c(nc3c2)CCCCCC4)c1O. The molecule has 8 heteroatoms. The zero-order valence-electron chi connectivity index (χ0n) is 17.2. The molecular formula is C23H23N3O5. The lowest BCUT2D eigenvalue weighted by Crippen LogP contribution is -2.26. The molecule has 1 aromatic heterocycles. The van der Waals surface area contributed by atoms with Crippen LogP contribution in [0.1, 0.15) is 52.2 Å². The van der Waals surface area contributed by atoms with Crippen LogP contribution in [0.2, 0.25) is 0 Å². The van der Waals surface area contributed by atoms with Gasteiger partial charge in [0.1, 0.15) is 11.4 Å². The van der Waals surface area contributed by atoms with Gasteiger partial charge in [-0.25, -0.2) is 9.78 Å². The Morgan fingerprint density at radius 2 is 1.94 bits per heavy atom. The number of aryl methyl sites for hydroxylation is 1. The van der Waals surface area contributed by atoms with Crippen LogP contribution in [-0.2, 0) is 17.7 Å². The fraction of sp³-hybridized carbons (Fsp3) is 0.304. The van der Waals surface area contributed by atoms with E-state index in [1.807, 2.05) is 0 Å². The highest BCUT2D eigenvalue weighted by Crippen LogP contribution is 2.28. The van der Waals surface area contributed by atoms with Crippen LogP contribution in [0, 0.1) is 0 Å². The highest BCUT2D eigenvalue weighted by Gasteiger charge is 2.18. The van der Waals surface area contributed by atoms with Gasteiger partial charge in [0.05, 0.1) is 23.7 Å². The molecular weight excluding hydrogens is 398 g/mol. The molecule has 2 N–H and O–H groups in total. The van der Waals surface area contributed by atoms with Gasteiger partial charge in [0.25, 0.3) is 11.5 Å². The Morgan fingerprint density at radius 3 is 2.74 bits per heavy atom. The van der Waals surface area contributed by atoms with Crippen molar-refractivity contribution in [1.29, 1.82) is 0 Å². The number of methoxy groups -OCH3 is 1. The summed E-state index contributed by atoms with van der Waals surface area (Å²) in [5, 5.41) is 13.4. The highest BCUT2D eigenvalue weighted by molar-refractivity contribution is 6.07. The van der Waals surface area contributed by atoms with E-state index in [9.17, 15) is 19.5 Å². The predicted molar refractivity (Wildman–Crippen MR) is 116 cm³/mol. The monoisotopic (exact) mass is 421 g/mol. The van der Waals surface area contributed by atoms with Gasteiger partial charge in [0.2, 0.25) is 0 Å². The molecule has 4 rings (SSSR count). The van der Waals surface area contributed by atoms with Crippen molar-refractivity contribution < 1.29 is 19.4 Å². The van der Waals surface area contributed by atoms with Crippen molar-refractivity contribution >= 4 is 28.5 Å². The number of nitrogens with zero attached hydrogens (tertiary/aromatic N) is 2. The fourth-order valence-corrected chi connectivity index (χ4v) is 3.85. The van der Waals surface area contributed by atoms with Crippen LogP contribution in [0.5, 0.6) is 5.75 Å². The van der Waals surface area contributed by atoms with E-state index >= 15 is 0 Å². The predicted octanol–water partition coefficient (Wildman–Crippen LogP) is 3.26. The van der Waals surface area contributed by atoms with E-state index in [0.717, 1.165) is 37.9 Å². The lowest BCUT2D eigenvalue weighted by Gasteiger charge is -2.16. The number of fused-ring (bicyclic) bond motifs is 2. The number of ether oxygens (including phenoxy) is 1. The van der Waals surface area contributed by atoms with E-state index in [1.165, 1.54) is 25.3 Å². The number of aromatic hydroxyl groups is 1. The standard InChI is InChI=1S/C23H23N3O5/c1-31-23(30)16-7-6-8-17(20(16)27)25-21(28)14-10-11-15-18(13-14)24-19-9-4-2-3-5-12-26(19)22(15)29/h6-8,10-11,13,27H,2-5,9,12H2,1H3,(H,25,28). The Kier molecular flexibility index (Phi) is 5.70. The molecule has 31 heavy (non-hydrogen) atoms. The van der Waals surface area contributed by atoms with Crippen LogP contribution in [0.3, 0.4) is 0 Å². The van der Waals surface area contributed by atoms with E-state index in [-0.39, 0.29) is 28.1 Å². The van der Waals surface area contributed by atoms with Crippen molar-refractivity contribution in [2.75, 3.05) is 12.4 Å². The Bertz CT molecular complexity index is 1230. The first-order valence-electron chi connectivity index (χ1n) is 10.2. The molecule has 0 saturated carbocycles. The number of phenolic OH excluding ortho intramolecular Hbond substituents is 1. The number of amides is 1. The van der Waals surface area contributed by atoms with Crippen molar-refractivity contribution in [3.63, 3.8) is 0 Å². The zero-order valence-corrected chi connectivity index (χ0v) is 17.2. The number of benzene rings is 2. The van der Waals surface area contributed by atoms with Crippen LogP contribution >= 0.6 is 0 Å². The minimum Gasteiger partial charge on any atom is -0.505 e. The number of hydrogen-bond acceptors (Lipinski definition) is 6. The summed E-state index contributed by atoms with van der Waals surface area (Å²) < 4.78 is 6.38. The Hall–Kier alpha value is -3.68. The minimum absolute atomic E-state index is 0.0490. The van der Waals surface area contributed by atoms with Gasteiger partial charge in [-0.05, 0) is 43.2 Å². The molecule has 0 spiro atoms. The number of hydrogen-bond donors (Lipinski definition) is 2. The molecule has 160 valence electrons. The number of carbonyl (C=O) groups excluding carboxylic acids is 2. The first-order valence-corrected chi connectivity index (χ1v) is 10.2. The topological polar surface area (TPSA) is 111 Å². The molecule has 0 aliphatic carbocycles. The minimum atomic E-state index is -0.708. The van der Waals surface area contributed by atoms with Crippen molar-refractivity contribution in [3.8, 4) is 5.75 Å². The maximum Gasteiger partial charge on any atom is 0.341 e. The molecule has 8 nitrogen and oxygen atoms in total. The van der Waals surface area contributed by atoms with E-state index in [0.29, 0.717) is 17.4 Å². The Labute approximate surface area is 178 Å². The van der Waals surface area contributed by atoms with Crippen molar-refractivity contribution in [2.24, 2.45) is 0 Å². The molecule has 2 aromatic carbocycles. The third-order valence-corrected chi connectivity index (χ3v) is 5.52. The summed E-state index contributed by atoms with van der Waals surface area (Å²) in [5.41, 5.74) is 0.707. The summed E-state index contributed by atoms with van der Waals surface area (Å²) in [7, 11) is 1.21. The lowest BCUT2D eigenvalue weighted by atomic mass is 10.1. The molecule has 0 atom stereocenters. The normalized spacial score (nSPS) is 13.7. The van der Waals surface area contributed by atoms with Gasteiger partial charge < -0.3 is 15.2 Å². The smallest absolute Gasteiger partial charge is 0.341 e. The Balaban J connectivity index is 1.67. The van der Waals surface area contributed by atoms with Gasteiger partial charge in [-0.2, -0.15) is 0 Å². The number of carbonyl (C=O) groups is 2. The van der Waals surface area contributed by atoms with Crippen LogP contribution in [0.4, 0.5) is 5.69 Å². The maximum absolute atomic E-state index is 12.9. The van der Waals surface area contributed by atoms with Crippen molar-refractivity contribution in [2.45, 2.75) is 38.6 Å². The third kappa shape index (κ3) is 4.01. The Morgan fingerprint density at radius 1 is 1.13 bits per heavy atom. The van der Waals surface area contributed by atoms with Crippen molar-refractivity contribution in [1.82, 2.24) is 9.55 Å². The van der Waals surface area contributed by atoms with Crippen LogP contribution in [-0.4, -0.2) is 33.6 Å². The number of anilines is 1. The number of para-hydroxylation sites is 1. The average Bonchev–Trinajstić information content (AvgIpc) is 2.75.